The summed E-state index contributed by atoms with van der Waals surface area (Å²) in [4.78, 5) is 24.9. The van der Waals surface area contributed by atoms with Gasteiger partial charge < -0.3 is 9.84 Å². The lowest BCUT2D eigenvalue weighted by Gasteiger charge is -2.63. The summed E-state index contributed by atoms with van der Waals surface area (Å²) in [6.07, 6.45) is 13.5. The van der Waals surface area contributed by atoms with Gasteiger partial charge in [-0.25, -0.2) is 4.79 Å². The number of carboxylic acid groups (broad SMARTS) is 1. The number of hydrogen-bond donors (Lipinski definition) is 1. The molecule has 0 bridgehead atoms. The average molecular weight is 577 g/mol. The quantitative estimate of drug-likeness (QED) is 0.328. The maximum Gasteiger partial charge on any atom is 0.337 e. The van der Waals surface area contributed by atoms with Crippen LogP contribution in [0.15, 0.2) is 30.3 Å². The van der Waals surface area contributed by atoms with Gasteiger partial charge in [0.25, 0.3) is 0 Å². The summed E-state index contributed by atoms with van der Waals surface area (Å²) in [6, 6.07) is 7.96. The number of carboxylic acids is 1. The van der Waals surface area contributed by atoms with Crippen molar-refractivity contribution in [1.29, 1.82) is 0 Å². The number of carbonyl (C=O) groups excluding carboxylic acids is 1. The van der Waals surface area contributed by atoms with Crippen molar-refractivity contribution in [2.24, 2.45) is 57.2 Å². The second kappa shape index (κ2) is 11.1. The maximum absolute atomic E-state index is 12.9. The zero-order chi connectivity index (χ0) is 30.7. The summed E-state index contributed by atoms with van der Waals surface area (Å²) < 4.78 is 4.91. The Morgan fingerprint density at radius 3 is 2.31 bits per heavy atom. The molecule has 8 atom stereocenters. The molecule has 0 amide bonds. The highest BCUT2D eigenvalue weighted by molar-refractivity contribution is 5.89. The number of methoxy groups -OCH3 is 1. The maximum atomic E-state index is 12.9. The van der Waals surface area contributed by atoms with E-state index < -0.39 is 11.4 Å². The third-order valence-electron chi connectivity index (χ3n) is 13.9. The molecule has 0 radical (unpaired) electrons. The molecule has 3 saturated carbocycles. The second-order valence-electron chi connectivity index (χ2n) is 16.2. The van der Waals surface area contributed by atoms with Crippen molar-refractivity contribution in [3.8, 4) is 0 Å². The van der Waals surface area contributed by atoms with Crippen molar-refractivity contribution in [1.82, 2.24) is 0 Å². The normalized spacial score (nSPS) is 39.3. The van der Waals surface area contributed by atoms with Gasteiger partial charge >= 0.3 is 11.9 Å². The molecular formula is C38H56O4. The van der Waals surface area contributed by atoms with Gasteiger partial charge in [0.1, 0.15) is 0 Å². The van der Waals surface area contributed by atoms with Crippen molar-refractivity contribution < 1.29 is 19.4 Å². The van der Waals surface area contributed by atoms with Gasteiger partial charge in [-0.1, -0.05) is 73.1 Å². The van der Waals surface area contributed by atoms with Crippen LogP contribution in [0, 0.1) is 57.2 Å². The van der Waals surface area contributed by atoms with E-state index in [1.165, 1.54) is 50.4 Å². The topological polar surface area (TPSA) is 63.6 Å². The van der Waals surface area contributed by atoms with Gasteiger partial charge in [-0.2, -0.15) is 0 Å². The van der Waals surface area contributed by atoms with Gasteiger partial charge in [0.15, 0.2) is 0 Å². The third kappa shape index (κ3) is 4.78. The molecule has 0 aromatic heterocycles. The largest absolute Gasteiger partial charge is 0.481 e. The minimum Gasteiger partial charge on any atom is -0.481 e. The van der Waals surface area contributed by atoms with Gasteiger partial charge in [-0.3, -0.25) is 4.79 Å². The Morgan fingerprint density at radius 1 is 1.00 bits per heavy atom. The van der Waals surface area contributed by atoms with Gasteiger partial charge in [-0.15, -0.1) is 0 Å². The van der Waals surface area contributed by atoms with Crippen LogP contribution in [0.2, 0.25) is 0 Å². The fourth-order valence-corrected chi connectivity index (χ4v) is 11.1. The molecule has 232 valence electrons. The molecule has 4 aliphatic carbocycles. The summed E-state index contributed by atoms with van der Waals surface area (Å²) in [7, 11) is 1.43. The smallest absolute Gasteiger partial charge is 0.337 e. The van der Waals surface area contributed by atoms with E-state index >= 15 is 0 Å². The highest BCUT2D eigenvalue weighted by Crippen LogP contribution is 2.71. The number of aliphatic carboxylic acids is 1. The number of rotatable bonds is 7. The molecular weight excluding hydrogens is 520 g/mol. The van der Waals surface area contributed by atoms with E-state index in [9.17, 15) is 14.7 Å². The van der Waals surface area contributed by atoms with E-state index in [-0.39, 0.29) is 22.2 Å². The zero-order valence-electron chi connectivity index (χ0n) is 27.6. The second-order valence-corrected chi connectivity index (χ2v) is 16.2. The van der Waals surface area contributed by atoms with Crippen LogP contribution in [0.25, 0.3) is 5.57 Å². The first-order valence-corrected chi connectivity index (χ1v) is 16.8. The Bertz CT molecular complexity index is 1210. The van der Waals surface area contributed by atoms with E-state index in [1.54, 1.807) is 0 Å². The van der Waals surface area contributed by atoms with Crippen LogP contribution in [0.5, 0.6) is 0 Å². The Kier molecular flexibility index (Phi) is 8.29. The minimum atomic E-state index is -0.512. The standard InChI is InChI=1S/C38H56O4/c1-24(2)28-17-21-38(34(40)41)23-22-37(7)31(32(28)38)10-9-19-36(37,6)20-18-29-25(3)11-16-30(35(29,4)5)26-12-14-27(15-13-26)33(39)42-8/h12-16,24-25,28-29,31-32H,9-11,17-23H2,1-8H3,(H,40,41). The van der Waals surface area contributed by atoms with Gasteiger partial charge in [0.2, 0.25) is 0 Å². The highest BCUT2D eigenvalue weighted by atomic mass is 16.5. The molecule has 5 rings (SSSR count). The monoisotopic (exact) mass is 576 g/mol. The molecule has 4 heteroatoms. The summed E-state index contributed by atoms with van der Waals surface area (Å²) >= 11 is 0. The minimum absolute atomic E-state index is 0.0228. The number of hydrogen-bond acceptors (Lipinski definition) is 3. The number of esters is 1. The van der Waals surface area contributed by atoms with Crippen LogP contribution in [0.1, 0.15) is 129 Å². The summed E-state index contributed by atoms with van der Waals surface area (Å²) in [5.41, 5.74) is 3.14. The lowest BCUT2D eigenvalue weighted by atomic mass is 9.41. The summed E-state index contributed by atoms with van der Waals surface area (Å²) in [6.45, 7) is 17.1. The molecule has 0 spiro atoms. The lowest BCUT2D eigenvalue weighted by molar-refractivity contribution is -0.180. The molecule has 3 fully saturated rings. The molecule has 1 aromatic rings. The molecule has 1 aromatic carbocycles. The SMILES string of the molecule is COC(=O)c1ccc(C2=CCC(C)C(CCC3(C)CCCC4C5C(C(C)C)CCC5(C(=O)O)CCC43C)C2(C)C)cc1. The number of allylic oxidation sites excluding steroid dienone is 2. The van der Waals surface area contributed by atoms with E-state index in [0.29, 0.717) is 41.1 Å². The van der Waals surface area contributed by atoms with E-state index in [2.05, 4.69) is 66.7 Å². The van der Waals surface area contributed by atoms with E-state index in [1.807, 2.05) is 12.1 Å². The van der Waals surface area contributed by atoms with Crippen LogP contribution < -0.4 is 0 Å². The van der Waals surface area contributed by atoms with Crippen molar-refractivity contribution in [2.45, 2.75) is 113 Å². The Hall–Kier alpha value is -2.10. The first-order chi connectivity index (χ1) is 19.7. The summed E-state index contributed by atoms with van der Waals surface area (Å²) in [5.74, 6) is 2.28. The Morgan fingerprint density at radius 2 is 1.69 bits per heavy atom. The highest BCUT2D eigenvalue weighted by Gasteiger charge is 2.66. The fourth-order valence-electron chi connectivity index (χ4n) is 11.1. The molecule has 0 heterocycles. The number of fused-ring (bicyclic) bond motifs is 3. The molecule has 0 aliphatic heterocycles. The zero-order valence-corrected chi connectivity index (χ0v) is 27.6. The first-order valence-electron chi connectivity index (χ1n) is 16.8. The van der Waals surface area contributed by atoms with Crippen molar-refractivity contribution >= 4 is 17.5 Å². The molecule has 42 heavy (non-hydrogen) atoms. The van der Waals surface area contributed by atoms with E-state index in [0.717, 1.165) is 32.1 Å². The Balaban J connectivity index is 1.39. The predicted molar refractivity (Wildman–Crippen MR) is 170 cm³/mol. The van der Waals surface area contributed by atoms with Crippen LogP contribution in [0.3, 0.4) is 0 Å². The van der Waals surface area contributed by atoms with Crippen molar-refractivity contribution in [3.63, 3.8) is 0 Å². The third-order valence-corrected chi connectivity index (χ3v) is 13.9. The molecule has 1 N–H and O–H groups in total. The number of carbonyl (C=O) groups is 2. The van der Waals surface area contributed by atoms with E-state index in [4.69, 9.17) is 4.74 Å². The molecule has 4 aliphatic rings. The van der Waals surface area contributed by atoms with Crippen molar-refractivity contribution in [3.05, 3.63) is 41.5 Å². The Labute approximate surface area is 255 Å². The fraction of sp³-hybridized carbons (Fsp3) is 0.737. The first kappa shape index (κ1) is 31.3. The van der Waals surface area contributed by atoms with Gasteiger partial charge in [0.05, 0.1) is 18.1 Å². The van der Waals surface area contributed by atoms with Crippen LogP contribution in [0.4, 0.5) is 0 Å². The van der Waals surface area contributed by atoms with Crippen LogP contribution in [-0.2, 0) is 9.53 Å². The van der Waals surface area contributed by atoms with Crippen molar-refractivity contribution in [2.75, 3.05) is 7.11 Å². The molecule has 0 saturated heterocycles. The average Bonchev–Trinajstić information content (AvgIpc) is 3.35. The van der Waals surface area contributed by atoms with Crippen LogP contribution >= 0.6 is 0 Å². The molecule has 8 unspecified atom stereocenters. The van der Waals surface area contributed by atoms with Gasteiger partial charge in [-0.05, 0) is 133 Å². The summed E-state index contributed by atoms with van der Waals surface area (Å²) in [5, 5.41) is 10.6. The molecule has 4 nitrogen and oxygen atoms in total. The lowest BCUT2D eigenvalue weighted by Crippen LogP contribution is -2.58. The number of benzene rings is 1. The number of ether oxygens (including phenoxy) is 1. The van der Waals surface area contributed by atoms with Crippen LogP contribution in [-0.4, -0.2) is 24.2 Å². The predicted octanol–water partition coefficient (Wildman–Crippen LogP) is 9.68. The van der Waals surface area contributed by atoms with Gasteiger partial charge in [0, 0.05) is 0 Å².